The summed E-state index contributed by atoms with van der Waals surface area (Å²) >= 11 is 0. The molecule has 132 valence electrons. The molecule has 0 atom stereocenters. The van der Waals surface area contributed by atoms with Crippen molar-refractivity contribution in [1.82, 2.24) is 14.9 Å². The molecule has 3 rings (SSSR count). The molecule has 2 heterocycles. The molecule has 1 aromatic carbocycles. The van der Waals surface area contributed by atoms with Crippen molar-refractivity contribution in [3.05, 3.63) is 47.2 Å². The Bertz CT molecular complexity index is 749. The minimum atomic E-state index is 0.0961. The smallest absolute Gasteiger partial charge is 0.253 e. The first-order valence-corrected chi connectivity index (χ1v) is 8.58. The fourth-order valence-electron chi connectivity index (χ4n) is 2.90. The van der Waals surface area contributed by atoms with Gasteiger partial charge in [0.25, 0.3) is 5.91 Å². The summed E-state index contributed by atoms with van der Waals surface area (Å²) in [5.74, 6) is 1.74. The lowest BCUT2D eigenvalue weighted by Crippen LogP contribution is -2.49. The van der Waals surface area contributed by atoms with Crippen LogP contribution in [0.1, 0.15) is 21.6 Å². The molecular weight excluding hydrogens is 314 g/mol. The van der Waals surface area contributed by atoms with Crippen LogP contribution < -0.4 is 9.80 Å². The van der Waals surface area contributed by atoms with E-state index in [9.17, 15) is 4.79 Å². The molecule has 1 aromatic heterocycles. The summed E-state index contributed by atoms with van der Waals surface area (Å²) in [6.07, 6.45) is 0. The molecule has 25 heavy (non-hydrogen) atoms. The van der Waals surface area contributed by atoms with Gasteiger partial charge in [0, 0.05) is 57.6 Å². The van der Waals surface area contributed by atoms with Crippen molar-refractivity contribution >= 4 is 17.7 Å². The van der Waals surface area contributed by atoms with E-state index in [0.29, 0.717) is 13.1 Å². The molecule has 1 amide bonds. The first kappa shape index (κ1) is 17.2. The van der Waals surface area contributed by atoms with Gasteiger partial charge in [-0.3, -0.25) is 4.79 Å². The van der Waals surface area contributed by atoms with Gasteiger partial charge in [0.15, 0.2) is 0 Å². The number of amides is 1. The fourth-order valence-corrected chi connectivity index (χ4v) is 2.90. The number of hydrogen-bond acceptors (Lipinski definition) is 5. The van der Waals surface area contributed by atoms with Gasteiger partial charge in [-0.2, -0.15) is 4.98 Å². The van der Waals surface area contributed by atoms with Gasteiger partial charge >= 0.3 is 0 Å². The van der Waals surface area contributed by atoms with Crippen LogP contribution in [0.15, 0.2) is 30.3 Å². The number of carbonyl (C=O) groups is 1. The number of hydrogen-bond donors (Lipinski definition) is 0. The van der Waals surface area contributed by atoms with Crippen molar-refractivity contribution in [3.8, 4) is 0 Å². The van der Waals surface area contributed by atoms with Crippen LogP contribution in [0.3, 0.4) is 0 Å². The van der Waals surface area contributed by atoms with Gasteiger partial charge in [0.2, 0.25) is 5.95 Å². The summed E-state index contributed by atoms with van der Waals surface area (Å²) in [6.45, 7) is 6.86. The molecule has 1 fully saturated rings. The normalized spacial score (nSPS) is 14.6. The van der Waals surface area contributed by atoms with Gasteiger partial charge in [-0.15, -0.1) is 0 Å². The summed E-state index contributed by atoms with van der Waals surface area (Å²) < 4.78 is 0. The standard InChI is InChI=1S/C19H25N5O/c1-14-5-7-16(8-6-14)18(25)23-9-11-24(12-10-23)19-20-15(2)13-17(21-19)22(3)4/h5-8,13H,9-12H2,1-4H3. The Kier molecular flexibility index (Phi) is 4.88. The molecule has 1 aliphatic rings. The van der Waals surface area contributed by atoms with Gasteiger partial charge in [0.05, 0.1) is 0 Å². The molecule has 0 unspecified atom stereocenters. The molecule has 0 bridgehead atoms. The van der Waals surface area contributed by atoms with Gasteiger partial charge in [-0.25, -0.2) is 4.98 Å². The monoisotopic (exact) mass is 339 g/mol. The van der Waals surface area contributed by atoms with E-state index >= 15 is 0 Å². The van der Waals surface area contributed by atoms with E-state index in [1.165, 1.54) is 0 Å². The number of aryl methyl sites for hydroxylation is 2. The number of piperazine rings is 1. The number of anilines is 2. The zero-order valence-corrected chi connectivity index (χ0v) is 15.4. The molecule has 1 aliphatic heterocycles. The Balaban J connectivity index is 1.67. The molecule has 2 aromatic rings. The Labute approximate surface area is 149 Å². The van der Waals surface area contributed by atoms with Crippen LogP contribution in [-0.4, -0.2) is 61.0 Å². The van der Waals surface area contributed by atoms with Crippen LogP contribution in [-0.2, 0) is 0 Å². The van der Waals surface area contributed by atoms with Crippen molar-refractivity contribution in [3.63, 3.8) is 0 Å². The Hall–Kier alpha value is -2.63. The molecule has 0 spiro atoms. The van der Waals surface area contributed by atoms with Crippen molar-refractivity contribution in [2.75, 3.05) is 50.1 Å². The van der Waals surface area contributed by atoms with E-state index < -0.39 is 0 Å². The van der Waals surface area contributed by atoms with Crippen LogP contribution in [0.4, 0.5) is 11.8 Å². The summed E-state index contributed by atoms with van der Waals surface area (Å²) in [5, 5.41) is 0. The van der Waals surface area contributed by atoms with Crippen molar-refractivity contribution < 1.29 is 4.79 Å². The predicted octanol–water partition coefficient (Wildman–Crippen LogP) is 2.12. The molecule has 6 nitrogen and oxygen atoms in total. The predicted molar refractivity (Wildman–Crippen MR) is 100 cm³/mol. The highest BCUT2D eigenvalue weighted by Crippen LogP contribution is 2.18. The summed E-state index contributed by atoms with van der Waals surface area (Å²) in [5.41, 5.74) is 2.86. The lowest BCUT2D eigenvalue weighted by Gasteiger charge is -2.35. The lowest BCUT2D eigenvalue weighted by molar-refractivity contribution is 0.0746. The highest BCUT2D eigenvalue weighted by molar-refractivity contribution is 5.94. The van der Waals surface area contributed by atoms with Crippen LogP contribution in [0.2, 0.25) is 0 Å². The SMILES string of the molecule is Cc1ccc(C(=O)N2CCN(c3nc(C)cc(N(C)C)n3)CC2)cc1. The fraction of sp³-hybridized carbons (Fsp3) is 0.421. The molecule has 0 N–H and O–H groups in total. The molecule has 1 saturated heterocycles. The number of nitrogens with zero attached hydrogens (tertiary/aromatic N) is 5. The highest BCUT2D eigenvalue weighted by Gasteiger charge is 2.24. The van der Waals surface area contributed by atoms with E-state index in [1.54, 1.807) is 0 Å². The van der Waals surface area contributed by atoms with Crippen LogP contribution in [0.5, 0.6) is 0 Å². The molecule has 0 saturated carbocycles. The van der Waals surface area contributed by atoms with E-state index in [2.05, 4.69) is 14.9 Å². The average Bonchev–Trinajstić information content (AvgIpc) is 2.61. The van der Waals surface area contributed by atoms with Gasteiger partial charge < -0.3 is 14.7 Å². The maximum atomic E-state index is 12.6. The Morgan fingerprint density at radius 1 is 1.00 bits per heavy atom. The van der Waals surface area contributed by atoms with E-state index in [1.807, 2.05) is 68.1 Å². The summed E-state index contributed by atoms with van der Waals surface area (Å²) in [4.78, 5) is 27.9. The second kappa shape index (κ2) is 7.09. The van der Waals surface area contributed by atoms with Gasteiger partial charge in [-0.05, 0) is 26.0 Å². The van der Waals surface area contributed by atoms with E-state index in [-0.39, 0.29) is 5.91 Å². The van der Waals surface area contributed by atoms with Gasteiger partial charge in [-0.1, -0.05) is 17.7 Å². The van der Waals surface area contributed by atoms with Crippen molar-refractivity contribution in [2.45, 2.75) is 13.8 Å². The third-order valence-electron chi connectivity index (χ3n) is 4.44. The van der Waals surface area contributed by atoms with Crippen LogP contribution in [0, 0.1) is 13.8 Å². The highest BCUT2D eigenvalue weighted by atomic mass is 16.2. The zero-order chi connectivity index (χ0) is 18.0. The van der Waals surface area contributed by atoms with Crippen molar-refractivity contribution in [2.24, 2.45) is 0 Å². The lowest BCUT2D eigenvalue weighted by atomic mass is 10.1. The van der Waals surface area contributed by atoms with Gasteiger partial charge in [0.1, 0.15) is 5.82 Å². The second-order valence-corrected chi connectivity index (χ2v) is 6.71. The van der Waals surface area contributed by atoms with Crippen LogP contribution >= 0.6 is 0 Å². The maximum Gasteiger partial charge on any atom is 0.253 e. The Morgan fingerprint density at radius 3 is 2.24 bits per heavy atom. The molecule has 0 aliphatic carbocycles. The second-order valence-electron chi connectivity index (χ2n) is 6.71. The molecule has 0 radical (unpaired) electrons. The first-order chi connectivity index (χ1) is 11.9. The first-order valence-electron chi connectivity index (χ1n) is 8.58. The minimum absolute atomic E-state index is 0.0961. The topological polar surface area (TPSA) is 52.6 Å². The quantitative estimate of drug-likeness (QED) is 0.857. The number of benzene rings is 1. The Morgan fingerprint density at radius 2 is 1.64 bits per heavy atom. The number of carbonyl (C=O) groups excluding carboxylic acids is 1. The largest absolute Gasteiger partial charge is 0.363 e. The summed E-state index contributed by atoms with van der Waals surface area (Å²) in [7, 11) is 3.95. The molecule has 6 heteroatoms. The average molecular weight is 339 g/mol. The third-order valence-corrected chi connectivity index (χ3v) is 4.44. The van der Waals surface area contributed by atoms with Crippen LogP contribution in [0.25, 0.3) is 0 Å². The number of aromatic nitrogens is 2. The minimum Gasteiger partial charge on any atom is -0.363 e. The third kappa shape index (κ3) is 3.90. The van der Waals surface area contributed by atoms with E-state index in [4.69, 9.17) is 0 Å². The molecular formula is C19H25N5O. The zero-order valence-electron chi connectivity index (χ0n) is 15.4. The van der Waals surface area contributed by atoms with Crippen molar-refractivity contribution in [1.29, 1.82) is 0 Å². The maximum absolute atomic E-state index is 12.6. The van der Waals surface area contributed by atoms with E-state index in [0.717, 1.165) is 41.7 Å². The number of rotatable bonds is 3. The summed E-state index contributed by atoms with van der Waals surface area (Å²) in [6, 6.07) is 9.73.